The maximum absolute atomic E-state index is 11.8. The highest BCUT2D eigenvalue weighted by Gasteiger charge is 2.05. The molecule has 106 valence electrons. The summed E-state index contributed by atoms with van der Waals surface area (Å²) in [6, 6.07) is 6.66. The first-order valence-electron chi connectivity index (χ1n) is 6.30. The molecule has 0 spiro atoms. The molecule has 0 aliphatic carbocycles. The van der Waals surface area contributed by atoms with Crippen LogP contribution in [0.25, 0.3) is 0 Å². The van der Waals surface area contributed by atoms with E-state index < -0.39 is 5.97 Å². The molecule has 2 N–H and O–H groups in total. The van der Waals surface area contributed by atoms with Gasteiger partial charge in [0.15, 0.2) is 0 Å². The van der Waals surface area contributed by atoms with Crippen LogP contribution in [0.3, 0.4) is 0 Å². The second kappa shape index (κ2) is 8.59. The topological polar surface area (TPSA) is 75.6 Å². The van der Waals surface area contributed by atoms with Gasteiger partial charge in [-0.15, -0.1) is 6.42 Å². The lowest BCUT2D eigenvalue weighted by Crippen LogP contribution is -2.24. The number of unbranched alkanes of at least 4 members (excludes halogenated alkanes) is 1. The van der Waals surface area contributed by atoms with Crippen molar-refractivity contribution in [2.45, 2.75) is 19.3 Å². The van der Waals surface area contributed by atoms with E-state index in [1.54, 1.807) is 24.3 Å². The van der Waals surface area contributed by atoms with Crippen molar-refractivity contribution in [2.24, 2.45) is 0 Å². The molecule has 1 aromatic carbocycles. The Labute approximate surface area is 117 Å². The summed E-state index contributed by atoms with van der Waals surface area (Å²) in [4.78, 5) is 22.1. The van der Waals surface area contributed by atoms with Crippen molar-refractivity contribution in [1.82, 2.24) is 5.32 Å². The van der Waals surface area contributed by atoms with Gasteiger partial charge in [-0.3, -0.25) is 9.59 Å². The van der Waals surface area contributed by atoms with Crippen LogP contribution in [0.5, 0.6) is 5.75 Å². The van der Waals surface area contributed by atoms with E-state index in [1.807, 2.05) is 0 Å². The SMILES string of the molecule is C#CCOc1ccc(C(=O)NCCCCC(=O)O)cc1. The van der Waals surface area contributed by atoms with Crippen LogP contribution < -0.4 is 10.1 Å². The van der Waals surface area contributed by atoms with Crippen molar-refractivity contribution >= 4 is 11.9 Å². The Hall–Kier alpha value is -2.48. The third-order valence-electron chi connectivity index (χ3n) is 2.54. The fourth-order valence-electron chi connectivity index (χ4n) is 1.53. The number of hydrogen-bond acceptors (Lipinski definition) is 3. The lowest BCUT2D eigenvalue weighted by atomic mass is 10.2. The number of carbonyl (C=O) groups is 2. The fraction of sp³-hybridized carbons (Fsp3) is 0.333. The number of rotatable bonds is 8. The van der Waals surface area contributed by atoms with Gasteiger partial charge in [-0.2, -0.15) is 0 Å². The summed E-state index contributed by atoms with van der Waals surface area (Å²) >= 11 is 0. The second-order valence-corrected chi connectivity index (χ2v) is 4.12. The molecule has 1 amide bonds. The monoisotopic (exact) mass is 275 g/mol. The van der Waals surface area contributed by atoms with Gasteiger partial charge in [0.1, 0.15) is 12.4 Å². The number of carbonyl (C=O) groups excluding carboxylic acids is 1. The molecule has 0 atom stereocenters. The number of ether oxygens (including phenoxy) is 1. The fourth-order valence-corrected chi connectivity index (χ4v) is 1.53. The van der Waals surface area contributed by atoms with Crippen molar-refractivity contribution in [3.63, 3.8) is 0 Å². The lowest BCUT2D eigenvalue weighted by molar-refractivity contribution is -0.137. The van der Waals surface area contributed by atoms with Crippen molar-refractivity contribution in [1.29, 1.82) is 0 Å². The number of terminal acetylenes is 1. The van der Waals surface area contributed by atoms with Gasteiger partial charge in [0.05, 0.1) is 0 Å². The lowest BCUT2D eigenvalue weighted by Gasteiger charge is -2.06. The maximum atomic E-state index is 11.8. The number of aliphatic carboxylic acids is 1. The summed E-state index contributed by atoms with van der Waals surface area (Å²) in [6.45, 7) is 0.649. The molecule has 0 saturated heterocycles. The van der Waals surface area contributed by atoms with Crippen LogP contribution in [0, 0.1) is 12.3 Å². The Balaban J connectivity index is 2.32. The van der Waals surface area contributed by atoms with Crippen molar-refractivity contribution in [3.8, 4) is 18.1 Å². The van der Waals surface area contributed by atoms with E-state index in [9.17, 15) is 9.59 Å². The molecule has 20 heavy (non-hydrogen) atoms. The minimum absolute atomic E-state index is 0.122. The van der Waals surface area contributed by atoms with Crippen LogP contribution in [0.1, 0.15) is 29.6 Å². The smallest absolute Gasteiger partial charge is 0.303 e. The van der Waals surface area contributed by atoms with Crippen LogP contribution in [-0.2, 0) is 4.79 Å². The van der Waals surface area contributed by atoms with Gasteiger partial charge in [0.25, 0.3) is 5.91 Å². The van der Waals surface area contributed by atoms with Crippen LogP contribution >= 0.6 is 0 Å². The number of carboxylic acids is 1. The highest BCUT2D eigenvalue weighted by Crippen LogP contribution is 2.11. The third-order valence-corrected chi connectivity index (χ3v) is 2.54. The summed E-state index contributed by atoms with van der Waals surface area (Å²) in [6.07, 6.45) is 6.39. The van der Waals surface area contributed by atoms with E-state index in [-0.39, 0.29) is 18.9 Å². The molecule has 0 aliphatic heterocycles. The van der Waals surface area contributed by atoms with Crippen LogP contribution in [0.15, 0.2) is 24.3 Å². The third kappa shape index (κ3) is 5.91. The van der Waals surface area contributed by atoms with Gasteiger partial charge in [-0.1, -0.05) is 5.92 Å². The van der Waals surface area contributed by atoms with Crippen molar-refractivity contribution < 1.29 is 19.4 Å². The van der Waals surface area contributed by atoms with Crippen LogP contribution in [0.4, 0.5) is 0 Å². The summed E-state index contributed by atoms with van der Waals surface area (Å²) < 4.78 is 5.20. The predicted octanol–water partition coefficient (Wildman–Crippen LogP) is 1.68. The number of nitrogens with one attached hydrogen (secondary N) is 1. The number of carboxylic acid groups (broad SMARTS) is 1. The Morgan fingerprint density at radius 3 is 2.55 bits per heavy atom. The second-order valence-electron chi connectivity index (χ2n) is 4.12. The minimum atomic E-state index is -0.820. The Kier molecular flexibility index (Phi) is 6.69. The zero-order valence-corrected chi connectivity index (χ0v) is 11.1. The number of benzene rings is 1. The molecular formula is C15H17NO4. The van der Waals surface area contributed by atoms with E-state index >= 15 is 0 Å². The van der Waals surface area contributed by atoms with E-state index in [1.165, 1.54) is 0 Å². The molecule has 0 unspecified atom stereocenters. The summed E-state index contributed by atoms with van der Waals surface area (Å²) in [5.41, 5.74) is 0.524. The van der Waals surface area contributed by atoms with Gasteiger partial charge in [0.2, 0.25) is 0 Å². The molecule has 0 fully saturated rings. The molecule has 5 heteroatoms. The van der Waals surface area contributed by atoms with Crippen LogP contribution in [-0.4, -0.2) is 30.1 Å². The van der Waals surface area contributed by atoms with Gasteiger partial charge in [0, 0.05) is 18.5 Å². The van der Waals surface area contributed by atoms with E-state index in [0.29, 0.717) is 30.7 Å². The zero-order chi connectivity index (χ0) is 14.8. The van der Waals surface area contributed by atoms with Gasteiger partial charge in [-0.05, 0) is 37.1 Å². The zero-order valence-electron chi connectivity index (χ0n) is 11.1. The summed E-state index contributed by atoms with van der Waals surface area (Å²) in [5, 5.41) is 11.2. The summed E-state index contributed by atoms with van der Waals surface area (Å²) in [5.74, 6) is 1.96. The van der Waals surface area contributed by atoms with Gasteiger partial charge in [-0.25, -0.2) is 0 Å². The Morgan fingerprint density at radius 1 is 1.25 bits per heavy atom. The normalized spacial score (nSPS) is 9.55. The van der Waals surface area contributed by atoms with Gasteiger partial charge < -0.3 is 15.2 Å². The highest BCUT2D eigenvalue weighted by atomic mass is 16.5. The van der Waals surface area contributed by atoms with Crippen molar-refractivity contribution in [2.75, 3.05) is 13.2 Å². The van der Waals surface area contributed by atoms with E-state index in [0.717, 1.165) is 0 Å². The first-order chi connectivity index (χ1) is 9.63. The molecular weight excluding hydrogens is 258 g/mol. The number of amides is 1. The molecule has 0 aromatic heterocycles. The quantitative estimate of drug-likeness (QED) is 0.559. The average Bonchev–Trinajstić information content (AvgIpc) is 2.44. The molecule has 0 saturated carbocycles. The number of hydrogen-bond donors (Lipinski definition) is 2. The first kappa shape index (κ1) is 15.6. The Bertz CT molecular complexity index is 488. The molecule has 1 rings (SSSR count). The molecule has 1 aromatic rings. The maximum Gasteiger partial charge on any atom is 0.303 e. The molecule has 5 nitrogen and oxygen atoms in total. The standard InChI is InChI=1S/C15H17NO4/c1-2-11-20-13-8-6-12(7-9-13)15(19)16-10-4-3-5-14(17)18/h1,6-9H,3-5,10-11H2,(H,16,19)(H,17,18). The van der Waals surface area contributed by atoms with Crippen molar-refractivity contribution in [3.05, 3.63) is 29.8 Å². The Morgan fingerprint density at radius 2 is 1.95 bits per heavy atom. The minimum Gasteiger partial charge on any atom is -0.481 e. The van der Waals surface area contributed by atoms with E-state index in [2.05, 4.69) is 11.2 Å². The molecule has 0 heterocycles. The molecule has 0 radical (unpaired) electrons. The highest BCUT2D eigenvalue weighted by molar-refractivity contribution is 5.94. The summed E-state index contributed by atoms with van der Waals surface area (Å²) in [7, 11) is 0. The largest absolute Gasteiger partial charge is 0.481 e. The van der Waals surface area contributed by atoms with Gasteiger partial charge >= 0.3 is 5.97 Å². The predicted molar refractivity (Wildman–Crippen MR) is 74.6 cm³/mol. The van der Waals surface area contributed by atoms with E-state index in [4.69, 9.17) is 16.3 Å². The first-order valence-corrected chi connectivity index (χ1v) is 6.30. The molecule has 0 bridgehead atoms. The molecule has 0 aliphatic rings. The average molecular weight is 275 g/mol. The van der Waals surface area contributed by atoms with Crippen LogP contribution in [0.2, 0.25) is 0 Å².